The van der Waals surface area contributed by atoms with Crippen LogP contribution in [0.25, 0.3) is 0 Å². The Balaban J connectivity index is 1.91. The van der Waals surface area contributed by atoms with E-state index in [1.165, 1.54) is 5.56 Å². The molecule has 1 aliphatic heterocycles. The SMILES string of the molecule is Cc1ccc(C(O)c2ccc3c(c2)CN(C)C(=O)N3)cc1. The van der Waals surface area contributed by atoms with Crippen LogP contribution >= 0.6 is 0 Å². The summed E-state index contributed by atoms with van der Waals surface area (Å²) in [4.78, 5) is 13.2. The van der Waals surface area contributed by atoms with Gasteiger partial charge in [0.2, 0.25) is 0 Å². The minimum Gasteiger partial charge on any atom is -0.384 e. The van der Waals surface area contributed by atoms with Gasteiger partial charge in [-0.3, -0.25) is 0 Å². The summed E-state index contributed by atoms with van der Waals surface area (Å²) in [7, 11) is 1.75. The van der Waals surface area contributed by atoms with Gasteiger partial charge < -0.3 is 15.3 Å². The molecule has 0 saturated heterocycles. The molecular weight excluding hydrogens is 264 g/mol. The smallest absolute Gasteiger partial charge is 0.321 e. The van der Waals surface area contributed by atoms with Gasteiger partial charge in [0.05, 0.1) is 0 Å². The number of amides is 2. The maximum Gasteiger partial charge on any atom is 0.321 e. The van der Waals surface area contributed by atoms with Crippen LogP contribution in [0.15, 0.2) is 42.5 Å². The van der Waals surface area contributed by atoms with Gasteiger partial charge in [0, 0.05) is 19.3 Å². The van der Waals surface area contributed by atoms with Gasteiger partial charge in [-0.2, -0.15) is 0 Å². The van der Waals surface area contributed by atoms with Gasteiger partial charge in [0.1, 0.15) is 6.10 Å². The summed E-state index contributed by atoms with van der Waals surface area (Å²) >= 11 is 0. The summed E-state index contributed by atoms with van der Waals surface area (Å²) in [6.07, 6.45) is -0.654. The van der Waals surface area contributed by atoms with Crippen molar-refractivity contribution in [3.63, 3.8) is 0 Å². The van der Waals surface area contributed by atoms with Crippen LogP contribution < -0.4 is 5.32 Å². The van der Waals surface area contributed by atoms with E-state index >= 15 is 0 Å². The molecule has 4 nitrogen and oxygen atoms in total. The van der Waals surface area contributed by atoms with Crippen LogP contribution in [-0.4, -0.2) is 23.1 Å². The summed E-state index contributed by atoms with van der Waals surface area (Å²) in [6.45, 7) is 2.57. The monoisotopic (exact) mass is 282 g/mol. The van der Waals surface area contributed by atoms with E-state index in [0.29, 0.717) is 6.54 Å². The van der Waals surface area contributed by atoms with E-state index in [9.17, 15) is 9.90 Å². The van der Waals surface area contributed by atoms with Crippen LogP contribution in [0, 0.1) is 6.92 Å². The van der Waals surface area contributed by atoms with Crippen molar-refractivity contribution in [3.8, 4) is 0 Å². The van der Waals surface area contributed by atoms with E-state index in [-0.39, 0.29) is 6.03 Å². The fraction of sp³-hybridized carbons (Fsp3) is 0.235. The highest BCUT2D eigenvalue weighted by molar-refractivity contribution is 5.92. The van der Waals surface area contributed by atoms with Crippen molar-refractivity contribution in [2.45, 2.75) is 19.6 Å². The molecular formula is C17H18N2O2. The Morgan fingerprint density at radius 3 is 2.52 bits per heavy atom. The Kier molecular flexibility index (Phi) is 3.39. The van der Waals surface area contributed by atoms with Gasteiger partial charge in [-0.15, -0.1) is 0 Å². The van der Waals surface area contributed by atoms with Crippen LogP contribution in [0.3, 0.4) is 0 Å². The van der Waals surface area contributed by atoms with E-state index in [1.807, 2.05) is 49.4 Å². The molecule has 1 unspecified atom stereocenters. The van der Waals surface area contributed by atoms with E-state index in [1.54, 1.807) is 11.9 Å². The van der Waals surface area contributed by atoms with E-state index < -0.39 is 6.10 Å². The number of nitrogens with zero attached hydrogens (tertiary/aromatic N) is 1. The molecule has 4 heteroatoms. The molecule has 108 valence electrons. The molecule has 0 bridgehead atoms. The average Bonchev–Trinajstić information content (AvgIpc) is 2.48. The molecule has 21 heavy (non-hydrogen) atoms. The van der Waals surface area contributed by atoms with Crippen molar-refractivity contribution in [1.82, 2.24) is 4.90 Å². The first kappa shape index (κ1) is 13.6. The Labute approximate surface area is 124 Å². The predicted molar refractivity (Wildman–Crippen MR) is 82.2 cm³/mol. The first-order chi connectivity index (χ1) is 10.0. The number of anilines is 1. The third-order valence-electron chi connectivity index (χ3n) is 3.83. The van der Waals surface area contributed by atoms with Gasteiger partial charge in [-0.05, 0) is 35.7 Å². The second-order valence-electron chi connectivity index (χ2n) is 5.52. The van der Waals surface area contributed by atoms with Gasteiger partial charge in [0.25, 0.3) is 0 Å². The number of nitrogens with one attached hydrogen (secondary N) is 1. The molecule has 2 aromatic rings. The molecule has 0 spiro atoms. The second-order valence-corrected chi connectivity index (χ2v) is 5.52. The minimum atomic E-state index is -0.654. The van der Waals surface area contributed by atoms with Crippen LogP contribution in [0.1, 0.15) is 28.4 Å². The van der Waals surface area contributed by atoms with Crippen LogP contribution in [0.5, 0.6) is 0 Å². The highest BCUT2D eigenvalue weighted by Crippen LogP contribution is 2.29. The van der Waals surface area contributed by atoms with Crippen molar-refractivity contribution in [2.24, 2.45) is 0 Å². The van der Waals surface area contributed by atoms with Gasteiger partial charge in [-0.25, -0.2) is 4.79 Å². The number of carbonyl (C=O) groups is 1. The molecule has 0 radical (unpaired) electrons. The fourth-order valence-corrected chi connectivity index (χ4v) is 2.52. The molecule has 0 aromatic heterocycles. The lowest BCUT2D eigenvalue weighted by molar-refractivity contribution is 0.217. The Hall–Kier alpha value is -2.33. The number of urea groups is 1. The fourth-order valence-electron chi connectivity index (χ4n) is 2.52. The second kappa shape index (κ2) is 5.22. The zero-order valence-corrected chi connectivity index (χ0v) is 12.1. The van der Waals surface area contributed by atoms with Gasteiger partial charge >= 0.3 is 6.03 Å². The van der Waals surface area contributed by atoms with Crippen molar-refractivity contribution in [1.29, 1.82) is 0 Å². The molecule has 1 heterocycles. The average molecular weight is 282 g/mol. The Morgan fingerprint density at radius 2 is 1.81 bits per heavy atom. The molecule has 0 aliphatic carbocycles. The number of benzene rings is 2. The number of aryl methyl sites for hydroxylation is 1. The standard InChI is InChI=1S/C17H18N2O2/c1-11-3-5-12(6-4-11)16(20)13-7-8-15-14(9-13)10-19(2)17(21)18-15/h3-9,16,20H,10H2,1-2H3,(H,18,21). The third-order valence-corrected chi connectivity index (χ3v) is 3.83. The largest absolute Gasteiger partial charge is 0.384 e. The van der Waals surface area contributed by atoms with E-state index in [0.717, 1.165) is 22.4 Å². The van der Waals surface area contributed by atoms with Crippen molar-refractivity contribution in [2.75, 3.05) is 12.4 Å². The molecule has 2 N–H and O–H groups in total. The lowest BCUT2D eigenvalue weighted by atomic mass is 9.97. The zero-order valence-electron chi connectivity index (χ0n) is 12.1. The number of aliphatic hydroxyl groups excluding tert-OH is 1. The normalized spacial score (nSPS) is 15.4. The summed E-state index contributed by atoms with van der Waals surface area (Å²) < 4.78 is 0. The summed E-state index contributed by atoms with van der Waals surface area (Å²) in [5.41, 5.74) is 4.70. The minimum absolute atomic E-state index is 0.102. The van der Waals surface area contributed by atoms with Crippen LogP contribution in [-0.2, 0) is 6.54 Å². The third kappa shape index (κ3) is 2.62. The van der Waals surface area contributed by atoms with Crippen molar-refractivity contribution >= 4 is 11.7 Å². The maximum atomic E-state index is 11.6. The number of hydrogen-bond acceptors (Lipinski definition) is 2. The predicted octanol–water partition coefficient (Wildman–Crippen LogP) is 3.05. The van der Waals surface area contributed by atoms with Crippen LogP contribution in [0.2, 0.25) is 0 Å². The number of aliphatic hydroxyl groups is 1. The quantitative estimate of drug-likeness (QED) is 0.889. The molecule has 2 amide bonds. The number of carbonyl (C=O) groups excluding carboxylic acids is 1. The summed E-state index contributed by atoms with van der Waals surface area (Å²) in [5.74, 6) is 0. The van der Waals surface area contributed by atoms with Crippen LogP contribution in [0.4, 0.5) is 10.5 Å². The summed E-state index contributed by atoms with van der Waals surface area (Å²) in [6, 6.07) is 13.4. The number of fused-ring (bicyclic) bond motifs is 1. The first-order valence-corrected chi connectivity index (χ1v) is 6.94. The van der Waals surface area contributed by atoms with E-state index in [4.69, 9.17) is 0 Å². The molecule has 2 aromatic carbocycles. The molecule has 0 fully saturated rings. The molecule has 1 aliphatic rings. The molecule has 3 rings (SSSR count). The lowest BCUT2D eigenvalue weighted by Gasteiger charge is -2.26. The van der Waals surface area contributed by atoms with Crippen molar-refractivity contribution < 1.29 is 9.90 Å². The number of hydrogen-bond donors (Lipinski definition) is 2. The van der Waals surface area contributed by atoms with Crippen molar-refractivity contribution in [3.05, 3.63) is 64.7 Å². The zero-order chi connectivity index (χ0) is 15.0. The van der Waals surface area contributed by atoms with Gasteiger partial charge in [0.15, 0.2) is 0 Å². The van der Waals surface area contributed by atoms with E-state index in [2.05, 4.69) is 5.32 Å². The molecule has 0 saturated carbocycles. The topological polar surface area (TPSA) is 52.6 Å². The highest BCUT2D eigenvalue weighted by Gasteiger charge is 2.20. The first-order valence-electron chi connectivity index (χ1n) is 6.94. The Bertz CT molecular complexity index is 680. The lowest BCUT2D eigenvalue weighted by Crippen LogP contribution is -2.35. The molecule has 1 atom stereocenters. The highest BCUT2D eigenvalue weighted by atomic mass is 16.3. The summed E-state index contributed by atoms with van der Waals surface area (Å²) in [5, 5.41) is 13.3. The Morgan fingerprint density at radius 1 is 1.14 bits per heavy atom. The number of rotatable bonds is 2. The van der Waals surface area contributed by atoms with Gasteiger partial charge in [-0.1, -0.05) is 35.9 Å². The maximum absolute atomic E-state index is 11.6.